The third kappa shape index (κ3) is 4.60. The first-order valence-corrected chi connectivity index (χ1v) is 10.5. The minimum Gasteiger partial charge on any atom is -0.497 e. The number of thiazole rings is 1. The number of carbonyl (C=O) groups excluding carboxylic acids is 1. The van der Waals surface area contributed by atoms with Crippen molar-refractivity contribution in [2.24, 2.45) is 0 Å². The molecule has 2 heterocycles. The maximum atomic E-state index is 12.2. The highest BCUT2D eigenvalue weighted by Gasteiger charge is 2.13. The minimum absolute atomic E-state index is 0.133. The van der Waals surface area contributed by atoms with Gasteiger partial charge in [0.2, 0.25) is 16.8 Å². The standard InChI is InChI=1S/C22H22N4O3S/c1-15-5-9-18(10-6-15)29-13-3-4-20(27)23-21-24-22-26(25-21)19(14-30-22)16-7-11-17(28-2)12-8-16/h5-12,14H,3-4,13H2,1-2H3,(H,23,25,27). The van der Waals surface area contributed by atoms with Gasteiger partial charge in [-0.15, -0.1) is 16.4 Å². The number of hydrogen-bond donors (Lipinski definition) is 1. The van der Waals surface area contributed by atoms with Gasteiger partial charge in [0, 0.05) is 17.4 Å². The fourth-order valence-corrected chi connectivity index (χ4v) is 3.77. The van der Waals surface area contributed by atoms with Crippen LogP contribution in [0.3, 0.4) is 0 Å². The summed E-state index contributed by atoms with van der Waals surface area (Å²) in [6.07, 6.45) is 0.948. The van der Waals surface area contributed by atoms with E-state index in [-0.39, 0.29) is 5.91 Å². The number of nitrogens with zero attached hydrogens (tertiary/aromatic N) is 3. The van der Waals surface area contributed by atoms with Gasteiger partial charge < -0.3 is 9.47 Å². The van der Waals surface area contributed by atoms with E-state index < -0.39 is 0 Å². The molecule has 30 heavy (non-hydrogen) atoms. The number of ether oxygens (including phenoxy) is 2. The van der Waals surface area contributed by atoms with E-state index in [4.69, 9.17) is 9.47 Å². The molecule has 7 nitrogen and oxygen atoms in total. The van der Waals surface area contributed by atoms with E-state index in [0.717, 1.165) is 27.7 Å². The van der Waals surface area contributed by atoms with Crippen LogP contribution >= 0.6 is 11.3 Å². The van der Waals surface area contributed by atoms with Crippen LogP contribution in [0.2, 0.25) is 0 Å². The molecule has 2 aromatic carbocycles. The highest BCUT2D eigenvalue weighted by molar-refractivity contribution is 7.15. The number of aryl methyl sites for hydroxylation is 1. The fraction of sp³-hybridized carbons (Fsp3) is 0.227. The lowest BCUT2D eigenvalue weighted by Crippen LogP contribution is -2.14. The number of fused-ring (bicyclic) bond motifs is 1. The molecule has 154 valence electrons. The van der Waals surface area contributed by atoms with Gasteiger partial charge >= 0.3 is 0 Å². The molecular formula is C22H22N4O3S. The molecule has 0 fully saturated rings. The van der Waals surface area contributed by atoms with Crippen LogP contribution in [0.25, 0.3) is 16.2 Å². The first-order valence-electron chi connectivity index (χ1n) is 9.60. The summed E-state index contributed by atoms with van der Waals surface area (Å²) in [4.78, 5) is 17.3. The van der Waals surface area contributed by atoms with E-state index in [0.29, 0.717) is 25.4 Å². The summed E-state index contributed by atoms with van der Waals surface area (Å²) < 4.78 is 12.6. The Morgan fingerprint density at radius 3 is 2.57 bits per heavy atom. The van der Waals surface area contributed by atoms with Crippen LogP contribution in [0.15, 0.2) is 53.9 Å². The van der Waals surface area contributed by atoms with Crippen LogP contribution in [0.5, 0.6) is 11.5 Å². The average molecular weight is 423 g/mol. The molecule has 0 saturated heterocycles. The fourth-order valence-electron chi connectivity index (χ4n) is 2.94. The van der Waals surface area contributed by atoms with Crippen molar-refractivity contribution >= 4 is 28.2 Å². The Labute approximate surface area is 178 Å². The summed E-state index contributed by atoms with van der Waals surface area (Å²) in [5.74, 6) is 1.78. The van der Waals surface area contributed by atoms with Crippen molar-refractivity contribution in [2.45, 2.75) is 19.8 Å². The first-order chi connectivity index (χ1) is 14.6. The van der Waals surface area contributed by atoms with Crippen molar-refractivity contribution in [3.05, 3.63) is 59.5 Å². The Balaban J connectivity index is 1.32. The summed E-state index contributed by atoms with van der Waals surface area (Å²) in [5.41, 5.74) is 3.10. The number of amides is 1. The highest BCUT2D eigenvalue weighted by atomic mass is 32.1. The highest BCUT2D eigenvalue weighted by Crippen LogP contribution is 2.27. The van der Waals surface area contributed by atoms with Gasteiger partial charge in [-0.2, -0.15) is 4.98 Å². The molecule has 2 aromatic heterocycles. The molecular weight excluding hydrogens is 400 g/mol. The van der Waals surface area contributed by atoms with Crippen LogP contribution in [0.1, 0.15) is 18.4 Å². The van der Waals surface area contributed by atoms with Crippen molar-refractivity contribution < 1.29 is 14.3 Å². The number of hydrogen-bond acceptors (Lipinski definition) is 6. The number of aromatic nitrogens is 3. The molecule has 0 unspecified atom stereocenters. The third-order valence-corrected chi connectivity index (χ3v) is 5.37. The second-order valence-electron chi connectivity index (χ2n) is 6.79. The zero-order valence-electron chi connectivity index (χ0n) is 16.8. The van der Waals surface area contributed by atoms with Gasteiger partial charge in [-0.1, -0.05) is 17.7 Å². The average Bonchev–Trinajstić information content (AvgIpc) is 3.33. The van der Waals surface area contributed by atoms with Crippen molar-refractivity contribution in [3.8, 4) is 22.8 Å². The van der Waals surface area contributed by atoms with Crippen molar-refractivity contribution in [1.29, 1.82) is 0 Å². The third-order valence-electron chi connectivity index (χ3n) is 4.56. The van der Waals surface area contributed by atoms with Crippen LogP contribution < -0.4 is 14.8 Å². The van der Waals surface area contributed by atoms with E-state index in [2.05, 4.69) is 15.4 Å². The topological polar surface area (TPSA) is 77.8 Å². The Morgan fingerprint density at radius 1 is 1.10 bits per heavy atom. The van der Waals surface area contributed by atoms with Gasteiger partial charge in [0.1, 0.15) is 11.5 Å². The largest absolute Gasteiger partial charge is 0.497 e. The second-order valence-corrected chi connectivity index (χ2v) is 7.63. The lowest BCUT2D eigenvalue weighted by molar-refractivity contribution is -0.116. The first kappa shape index (κ1) is 19.9. The van der Waals surface area contributed by atoms with E-state index in [1.807, 2.05) is 60.8 Å². The molecule has 0 spiro atoms. The van der Waals surface area contributed by atoms with Gasteiger partial charge in [-0.3, -0.25) is 10.1 Å². The summed E-state index contributed by atoms with van der Waals surface area (Å²) in [6, 6.07) is 15.6. The molecule has 0 radical (unpaired) electrons. The number of rotatable bonds is 8. The van der Waals surface area contributed by atoms with Gasteiger partial charge in [0.15, 0.2) is 0 Å². The Morgan fingerprint density at radius 2 is 1.83 bits per heavy atom. The zero-order valence-corrected chi connectivity index (χ0v) is 17.6. The number of methoxy groups -OCH3 is 1. The molecule has 0 aliphatic rings. The lowest BCUT2D eigenvalue weighted by atomic mass is 10.2. The molecule has 0 atom stereocenters. The van der Waals surface area contributed by atoms with E-state index in [1.165, 1.54) is 16.9 Å². The van der Waals surface area contributed by atoms with Crippen LogP contribution in [-0.2, 0) is 4.79 Å². The summed E-state index contributed by atoms with van der Waals surface area (Å²) in [6.45, 7) is 2.51. The predicted octanol–water partition coefficient (Wildman–Crippen LogP) is 4.57. The quantitative estimate of drug-likeness (QED) is 0.421. The summed E-state index contributed by atoms with van der Waals surface area (Å²) >= 11 is 1.47. The smallest absolute Gasteiger partial charge is 0.250 e. The van der Waals surface area contributed by atoms with Crippen LogP contribution in [-0.4, -0.2) is 34.2 Å². The maximum absolute atomic E-state index is 12.2. The van der Waals surface area contributed by atoms with Gasteiger partial charge in [0.05, 0.1) is 19.4 Å². The van der Waals surface area contributed by atoms with Crippen LogP contribution in [0, 0.1) is 6.92 Å². The number of benzene rings is 2. The normalized spacial score (nSPS) is 10.9. The Bertz CT molecular complexity index is 1130. The molecule has 0 bridgehead atoms. The number of nitrogens with one attached hydrogen (secondary N) is 1. The predicted molar refractivity (Wildman–Crippen MR) is 117 cm³/mol. The molecule has 4 rings (SSSR count). The molecule has 4 aromatic rings. The second kappa shape index (κ2) is 8.96. The molecule has 0 aliphatic heterocycles. The van der Waals surface area contributed by atoms with Crippen molar-refractivity contribution in [2.75, 3.05) is 19.0 Å². The monoisotopic (exact) mass is 422 g/mol. The van der Waals surface area contributed by atoms with Gasteiger partial charge in [-0.05, 0) is 49.7 Å². The molecule has 0 aliphatic carbocycles. The zero-order chi connectivity index (χ0) is 20.9. The molecule has 0 saturated carbocycles. The summed E-state index contributed by atoms with van der Waals surface area (Å²) in [7, 11) is 1.64. The minimum atomic E-state index is -0.133. The maximum Gasteiger partial charge on any atom is 0.250 e. The van der Waals surface area contributed by atoms with E-state index in [9.17, 15) is 4.79 Å². The summed E-state index contributed by atoms with van der Waals surface area (Å²) in [5, 5.41) is 9.20. The lowest BCUT2D eigenvalue weighted by Gasteiger charge is -2.06. The van der Waals surface area contributed by atoms with Crippen LogP contribution in [0.4, 0.5) is 5.95 Å². The van der Waals surface area contributed by atoms with Gasteiger partial charge in [-0.25, -0.2) is 4.52 Å². The SMILES string of the molecule is COc1ccc(-c2csc3nc(NC(=O)CCCOc4ccc(C)cc4)nn23)cc1. The molecule has 1 amide bonds. The van der Waals surface area contributed by atoms with E-state index in [1.54, 1.807) is 11.6 Å². The van der Waals surface area contributed by atoms with Gasteiger partial charge in [0.25, 0.3) is 0 Å². The van der Waals surface area contributed by atoms with Crippen molar-refractivity contribution in [3.63, 3.8) is 0 Å². The van der Waals surface area contributed by atoms with E-state index >= 15 is 0 Å². The Kier molecular flexibility index (Phi) is 5.94. The van der Waals surface area contributed by atoms with Crippen molar-refractivity contribution in [1.82, 2.24) is 14.6 Å². The number of carbonyl (C=O) groups is 1. The molecule has 8 heteroatoms. The molecule has 1 N–H and O–H groups in total. The Hall–Kier alpha value is -3.39. The number of anilines is 1.